The molecule has 1 aliphatic carbocycles. The Bertz CT molecular complexity index is 188. The molecule has 0 spiro atoms. The molecule has 3 heteroatoms. The molecule has 1 rings (SSSR count). The van der Waals surface area contributed by atoms with Gasteiger partial charge in [0, 0.05) is 6.54 Å². The third-order valence-corrected chi connectivity index (χ3v) is 3.04. The number of carbonyl (C=O) groups is 1. The van der Waals surface area contributed by atoms with Gasteiger partial charge in [-0.1, -0.05) is 26.7 Å². The molecule has 1 aliphatic rings. The van der Waals surface area contributed by atoms with Crippen molar-refractivity contribution in [2.75, 3.05) is 19.7 Å². The quantitative estimate of drug-likeness (QED) is 0.685. The molecule has 1 atom stereocenters. The number of hydrogen-bond acceptors (Lipinski definition) is 3. The predicted molar refractivity (Wildman–Crippen MR) is 60.6 cm³/mol. The van der Waals surface area contributed by atoms with Crippen LogP contribution in [-0.4, -0.2) is 25.7 Å². The summed E-state index contributed by atoms with van der Waals surface area (Å²) in [6, 6.07) is 0. The van der Waals surface area contributed by atoms with Crippen molar-refractivity contribution in [3.63, 3.8) is 0 Å². The molecule has 0 saturated heterocycles. The van der Waals surface area contributed by atoms with Crippen LogP contribution in [0.15, 0.2) is 0 Å². The van der Waals surface area contributed by atoms with Crippen LogP contribution in [0.3, 0.4) is 0 Å². The second-order valence-electron chi connectivity index (χ2n) is 4.49. The van der Waals surface area contributed by atoms with E-state index in [1.54, 1.807) is 0 Å². The third-order valence-electron chi connectivity index (χ3n) is 3.04. The summed E-state index contributed by atoms with van der Waals surface area (Å²) in [4.78, 5) is 11.5. The minimum Gasteiger partial charge on any atom is -0.465 e. The predicted octanol–water partition coefficient (Wildman–Crippen LogP) is 1.97. The number of hydrogen-bond donors (Lipinski definition) is 1. The largest absolute Gasteiger partial charge is 0.465 e. The smallest absolute Gasteiger partial charge is 0.309 e. The van der Waals surface area contributed by atoms with E-state index in [0.717, 1.165) is 13.1 Å². The Morgan fingerprint density at radius 3 is 2.73 bits per heavy atom. The molecule has 1 saturated carbocycles. The minimum absolute atomic E-state index is 0.0219. The van der Waals surface area contributed by atoms with E-state index in [0.29, 0.717) is 12.5 Å². The molecular formula is C12H23NO2. The lowest BCUT2D eigenvalue weighted by molar-refractivity contribution is -0.149. The Morgan fingerprint density at radius 1 is 1.47 bits per heavy atom. The Kier molecular flexibility index (Phi) is 5.69. The topological polar surface area (TPSA) is 38.3 Å². The van der Waals surface area contributed by atoms with Gasteiger partial charge in [0.2, 0.25) is 0 Å². The second kappa shape index (κ2) is 6.83. The number of carbonyl (C=O) groups excluding carboxylic acids is 1. The zero-order valence-electron chi connectivity index (χ0n) is 9.92. The molecule has 0 amide bonds. The van der Waals surface area contributed by atoms with Crippen LogP contribution in [0.5, 0.6) is 0 Å². The van der Waals surface area contributed by atoms with Crippen molar-refractivity contribution in [3.8, 4) is 0 Å². The van der Waals surface area contributed by atoms with Gasteiger partial charge in [-0.05, 0) is 25.3 Å². The number of ether oxygens (including phenoxy) is 1. The van der Waals surface area contributed by atoms with Crippen LogP contribution in [0.4, 0.5) is 0 Å². The van der Waals surface area contributed by atoms with Crippen molar-refractivity contribution in [2.24, 2.45) is 11.8 Å². The Morgan fingerprint density at radius 2 is 2.13 bits per heavy atom. The van der Waals surface area contributed by atoms with E-state index in [2.05, 4.69) is 5.32 Å². The molecule has 0 aliphatic heterocycles. The highest BCUT2D eigenvalue weighted by atomic mass is 16.5. The van der Waals surface area contributed by atoms with Crippen LogP contribution in [-0.2, 0) is 9.53 Å². The molecular weight excluding hydrogens is 190 g/mol. The average Bonchev–Trinajstić information content (AvgIpc) is 2.75. The summed E-state index contributed by atoms with van der Waals surface area (Å²) in [5.41, 5.74) is 0. The molecule has 88 valence electrons. The summed E-state index contributed by atoms with van der Waals surface area (Å²) in [5, 5.41) is 3.16. The fourth-order valence-electron chi connectivity index (χ4n) is 1.96. The van der Waals surface area contributed by atoms with Crippen molar-refractivity contribution >= 4 is 5.97 Å². The van der Waals surface area contributed by atoms with Crippen LogP contribution >= 0.6 is 0 Å². The fraction of sp³-hybridized carbons (Fsp3) is 0.917. The first-order chi connectivity index (χ1) is 7.24. The van der Waals surface area contributed by atoms with Crippen LogP contribution in [0, 0.1) is 11.8 Å². The monoisotopic (exact) mass is 213 g/mol. The van der Waals surface area contributed by atoms with Crippen molar-refractivity contribution < 1.29 is 9.53 Å². The third kappa shape index (κ3) is 4.65. The van der Waals surface area contributed by atoms with Gasteiger partial charge in [-0.15, -0.1) is 0 Å². The maximum atomic E-state index is 11.5. The molecule has 0 aromatic rings. The fourth-order valence-corrected chi connectivity index (χ4v) is 1.96. The molecule has 0 aromatic heterocycles. The first-order valence-corrected chi connectivity index (χ1v) is 6.11. The summed E-state index contributed by atoms with van der Waals surface area (Å²) in [7, 11) is 0. The lowest BCUT2D eigenvalue weighted by Gasteiger charge is -2.14. The lowest BCUT2D eigenvalue weighted by atomic mass is 10.1. The van der Waals surface area contributed by atoms with Gasteiger partial charge in [-0.3, -0.25) is 4.79 Å². The van der Waals surface area contributed by atoms with Gasteiger partial charge in [0.1, 0.15) is 0 Å². The van der Waals surface area contributed by atoms with Crippen molar-refractivity contribution in [1.29, 1.82) is 0 Å². The zero-order valence-corrected chi connectivity index (χ0v) is 9.92. The van der Waals surface area contributed by atoms with Crippen LogP contribution in [0.2, 0.25) is 0 Å². The SMILES string of the molecule is CCNCC(C)C(=O)OCC1CCCC1. The van der Waals surface area contributed by atoms with Gasteiger partial charge in [-0.25, -0.2) is 0 Å². The first-order valence-electron chi connectivity index (χ1n) is 6.11. The number of esters is 1. The molecule has 0 aromatic carbocycles. The number of rotatable bonds is 6. The average molecular weight is 213 g/mol. The standard InChI is InChI=1S/C12H23NO2/c1-3-13-8-10(2)12(14)15-9-11-6-4-5-7-11/h10-11,13H,3-9H2,1-2H3. The Balaban J connectivity index is 2.11. The summed E-state index contributed by atoms with van der Waals surface area (Å²) in [6.07, 6.45) is 5.06. The molecule has 1 fully saturated rings. The van der Waals surface area contributed by atoms with Gasteiger partial charge < -0.3 is 10.1 Å². The van der Waals surface area contributed by atoms with E-state index >= 15 is 0 Å². The zero-order chi connectivity index (χ0) is 11.1. The summed E-state index contributed by atoms with van der Waals surface area (Å²) < 4.78 is 5.31. The summed E-state index contributed by atoms with van der Waals surface area (Å²) in [6.45, 7) is 6.21. The van der Waals surface area contributed by atoms with Gasteiger partial charge >= 0.3 is 5.97 Å². The normalized spacial score (nSPS) is 19.1. The Labute approximate surface area is 92.6 Å². The highest BCUT2D eigenvalue weighted by Crippen LogP contribution is 2.24. The van der Waals surface area contributed by atoms with Crippen molar-refractivity contribution in [2.45, 2.75) is 39.5 Å². The van der Waals surface area contributed by atoms with E-state index in [1.807, 2.05) is 13.8 Å². The molecule has 0 heterocycles. The highest BCUT2D eigenvalue weighted by molar-refractivity contribution is 5.72. The minimum atomic E-state index is -0.0529. The maximum Gasteiger partial charge on any atom is 0.309 e. The van der Waals surface area contributed by atoms with E-state index in [9.17, 15) is 4.79 Å². The van der Waals surface area contributed by atoms with Crippen LogP contribution < -0.4 is 5.32 Å². The lowest BCUT2D eigenvalue weighted by Crippen LogP contribution is -2.28. The van der Waals surface area contributed by atoms with Crippen molar-refractivity contribution in [1.82, 2.24) is 5.32 Å². The highest BCUT2D eigenvalue weighted by Gasteiger charge is 2.19. The van der Waals surface area contributed by atoms with Crippen LogP contribution in [0.1, 0.15) is 39.5 Å². The molecule has 3 nitrogen and oxygen atoms in total. The maximum absolute atomic E-state index is 11.5. The van der Waals surface area contributed by atoms with Crippen molar-refractivity contribution in [3.05, 3.63) is 0 Å². The molecule has 0 bridgehead atoms. The van der Waals surface area contributed by atoms with E-state index in [-0.39, 0.29) is 11.9 Å². The van der Waals surface area contributed by atoms with Crippen LogP contribution in [0.25, 0.3) is 0 Å². The van der Waals surface area contributed by atoms with E-state index < -0.39 is 0 Å². The second-order valence-corrected chi connectivity index (χ2v) is 4.49. The number of nitrogens with one attached hydrogen (secondary N) is 1. The molecule has 0 radical (unpaired) electrons. The first kappa shape index (κ1) is 12.5. The van der Waals surface area contributed by atoms with Gasteiger partial charge in [0.25, 0.3) is 0 Å². The Hall–Kier alpha value is -0.570. The molecule has 15 heavy (non-hydrogen) atoms. The van der Waals surface area contributed by atoms with Gasteiger partial charge in [0.15, 0.2) is 0 Å². The molecule has 1 unspecified atom stereocenters. The van der Waals surface area contributed by atoms with E-state index in [4.69, 9.17) is 4.74 Å². The summed E-state index contributed by atoms with van der Waals surface area (Å²) >= 11 is 0. The van der Waals surface area contributed by atoms with E-state index in [1.165, 1.54) is 25.7 Å². The molecule has 1 N–H and O–H groups in total. The van der Waals surface area contributed by atoms with Gasteiger partial charge in [-0.2, -0.15) is 0 Å². The van der Waals surface area contributed by atoms with Gasteiger partial charge in [0.05, 0.1) is 12.5 Å². The summed E-state index contributed by atoms with van der Waals surface area (Å²) in [5.74, 6) is 0.550.